The summed E-state index contributed by atoms with van der Waals surface area (Å²) in [6.45, 7) is 0.455. The van der Waals surface area contributed by atoms with E-state index in [1.54, 1.807) is 11.4 Å². The second kappa shape index (κ2) is 7.08. The van der Waals surface area contributed by atoms with E-state index in [2.05, 4.69) is 20.8 Å². The number of benzene rings is 1. The maximum Gasteiger partial charge on any atom is 0.263 e. The number of carbonyl (C=O) groups is 1. The van der Waals surface area contributed by atoms with E-state index in [4.69, 9.17) is 0 Å². The number of thiophene rings is 1. The van der Waals surface area contributed by atoms with Crippen LogP contribution >= 0.6 is 11.3 Å². The Morgan fingerprint density at radius 1 is 1.22 bits per heavy atom. The van der Waals surface area contributed by atoms with Crippen LogP contribution in [-0.2, 0) is 16.4 Å². The molecule has 2 aromatic heterocycles. The van der Waals surface area contributed by atoms with Gasteiger partial charge in [0.05, 0.1) is 17.1 Å². The van der Waals surface area contributed by atoms with Crippen molar-refractivity contribution in [3.8, 4) is 5.69 Å². The molecule has 1 aliphatic rings. The van der Waals surface area contributed by atoms with Crippen molar-refractivity contribution in [1.82, 2.24) is 25.5 Å². The zero-order valence-electron chi connectivity index (χ0n) is 14.1. The molecule has 0 fully saturated rings. The molecule has 4 rings (SSSR count). The lowest BCUT2D eigenvalue weighted by atomic mass is 10.2. The molecule has 11 heteroatoms. The van der Waals surface area contributed by atoms with Gasteiger partial charge in [-0.15, -0.1) is 16.4 Å². The molecule has 0 aliphatic carbocycles. The smallest absolute Gasteiger partial charge is 0.263 e. The third-order valence-corrected chi connectivity index (χ3v) is 6.95. The molecule has 0 atom stereocenters. The minimum absolute atomic E-state index is 0.0206. The molecule has 0 bridgehead atoms. The SMILES string of the molecule is O=C(NCCS(=O)(=O)N1CCc2ccccc21)c1sccc1-n1cnnn1. The Bertz CT molecular complexity index is 1060. The number of hydrogen-bond acceptors (Lipinski definition) is 7. The van der Waals surface area contributed by atoms with Crippen molar-refractivity contribution in [2.75, 3.05) is 23.1 Å². The Labute approximate surface area is 159 Å². The van der Waals surface area contributed by atoms with Crippen LogP contribution in [0.5, 0.6) is 0 Å². The number of fused-ring (bicyclic) bond motifs is 1. The number of nitrogens with zero attached hydrogens (tertiary/aromatic N) is 5. The lowest BCUT2D eigenvalue weighted by Gasteiger charge is -2.19. The monoisotopic (exact) mass is 404 g/mol. The van der Waals surface area contributed by atoms with E-state index in [0.29, 0.717) is 23.5 Å². The van der Waals surface area contributed by atoms with Crippen molar-refractivity contribution in [1.29, 1.82) is 0 Å². The largest absolute Gasteiger partial charge is 0.350 e. The minimum atomic E-state index is -3.51. The Balaban J connectivity index is 1.40. The number of rotatable bonds is 6. The second-order valence-corrected chi connectivity index (χ2v) is 8.84. The number of anilines is 1. The Morgan fingerprint density at radius 2 is 2.07 bits per heavy atom. The first-order valence-electron chi connectivity index (χ1n) is 8.23. The first-order valence-corrected chi connectivity index (χ1v) is 10.7. The summed E-state index contributed by atoms with van der Waals surface area (Å²) >= 11 is 1.24. The molecule has 1 aliphatic heterocycles. The number of carbonyl (C=O) groups excluding carboxylic acids is 1. The number of aromatic nitrogens is 4. The highest BCUT2D eigenvalue weighted by molar-refractivity contribution is 7.92. The Morgan fingerprint density at radius 3 is 2.89 bits per heavy atom. The fourth-order valence-electron chi connectivity index (χ4n) is 3.01. The molecule has 0 radical (unpaired) electrons. The average Bonchev–Trinajstić information content (AvgIpc) is 3.39. The minimum Gasteiger partial charge on any atom is -0.350 e. The van der Waals surface area contributed by atoms with Crippen molar-refractivity contribution in [2.24, 2.45) is 0 Å². The fraction of sp³-hybridized carbons (Fsp3) is 0.250. The van der Waals surface area contributed by atoms with Gasteiger partial charge in [-0.1, -0.05) is 18.2 Å². The van der Waals surface area contributed by atoms with Gasteiger partial charge in [-0.3, -0.25) is 9.10 Å². The predicted octanol–water partition coefficient (Wildman–Crippen LogP) is 0.846. The molecule has 3 heterocycles. The normalized spacial score (nSPS) is 13.6. The molecule has 1 amide bonds. The highest BCUT2D eigenvalue weighted by atomic mass is 32.2. The molecule has 27 heavy (non-hydrogen) atoms. The summed E-state index contributed by atoms with van der Waals surface area (Å²) < 4.78 is 28.1. The number of hydrogen-bond donors (Lipinski definition) is 1. The van der Waals surface area contributed by atoms with Gasteiger partial charge in [0.2, 0.25) is 10.0 Å². The standard InChI is InChI=1S/C16H16N6O3S2/c23-16(15-14(6-9-26-15)21-11-18-19-20-21)17-7-10-27(24,25)22-8-5-12-3-1-2-4-13(12)22/h1-4,6,9,11H,5,7-8,10H2,(H,17,23). The van der Waals surface area contributed by atoms with Crippen LogP contribution in [0.4, 0.5) is 5.69 Å². The van der Waals surface area contributed by atoms with Crippen LogP contribution in [0.1, 0.15) is 15.2 Å². The Hall–Kier alpha value is -2.79. The highest BCUT2D eigenvalue weighted by Gasteiger charge is 2.29. The van der Waals surface area contributed by atoms with Crippen LogP contribution < -0.4 is 9.62 Å². The summed E-state index contributed by atoms with van der Waals surface area (Å²) in [6, 6.07) is 9.20. The first kappa shape index (κ1) is 17.6. The molecule has 9 nitrogen and oxygen atoms in total. The molecular formula is C16H16N6O3S2. The predicted molar refractivity (Wildman–Crippen MR) is 101 cm³/mol. The maximum absolute atomic E-state index is 12.7. The van der Waals surface area contributed by atoms with Crippen molar-refractivity contribution < 1.29 is 13.2 Å². The number of sulfonamides is 1. The molecule has 140 valence electrons. The van der Waals surface area contributed by atoms with Gasteiger partial charge < -0.3 is 5.32 Å². The summed E-state index contributed by atoms with van der Waals surface area (Å²) in [5.74, 6) is -0.522. The molecule has 1 aromatic carbocycles. The summed E-state index contributed by atoms with van der Waals surface area (Å²) in [4.78, 5) is 12.9. The lowest BCUT2D eigenvalue weighted by molar-refractivity contribution is 0.0960. The average molecular weight is 404 g/mol. The van der Waals surface area contributed by atoms with Gasteiger partial charge >= 0.3 is 0 Å². The topological polar surface area (TPSA) is 110 Å². The van der Waals surface area contributed by atoms with Crippen LogP contribution in [-0.4, -0.2) is 53.4 Å². The van der Waals surface area contributed by atoms with Crippen molar-refractivity contribution >= 4 is 33.0 Å². The molecule has 1 N–H and O–H groups in total. The summed E-state index contributed by atoms with van der Waals surface area (Å²) in [5.41, 5.74) is 2.30. The zero-order chi connectivity index (χ0) is 18.9. The number of nitrogens with one attached hydrogen (secondary N) is 1. The number of para-hydroxylation sites is 1. The van der Waals surface area contributed by atoms with Crippen molar-refractivity contribution in [2.45, 2.75) is 6.42 Å². The van der Waals surface area contributed by atoms with Crippen LogP contribution in [0.15, 0.2) is 42.0 Å². The van der Waals surface area contributed by atoms with E-state index < -0.39 is 10.0 Å². The van der Waals surface area contributed by atoms with E-state index >= 15 is 0 Å². The summed E-state index contributed by atoms with van der Waals surface area (Å²) in [7, 11) is -3.51. The molecule has 0 saturated heterocycles. The third-order valence-electron chi connectivity index (χ3n) is 4.27. The zero-order valence-corrected chi connectivity index (χ0v) is 15.8. The Kier molecular flexibility index (Phi) is 4.62. The maximum atomic E-state index is 12.7. The third kappa shape index (κ3) is 3.43. The van der Waals surface area contributed by atoms with Gasteiger partial charge in [0.1, 0.15) is 11.2 Å². The van der Waals surface area contributed by atoms with Gasteiger partial charge in [-0.2, -0.15) is 4.68 Å². The van der Waals surface area contributed by atoms with E-state index in [9.17, 15) is 13.2 Å². The number of amides is 1. The van der Waals surface area contributed by atoms with E-state index in [1.807, 2.05) is 24.3 Å². The second-order valence-electron chi connectivity index (χ2n) is 5.91. The van der Waals surface area contributed by atoms with E-state index in [0.717, 1.165) is 11.3 Å². The number of tetrazole rings is 1. The highest BCUT2D eigenvalue weighted by Crippen LogP contribution is 2.29. The lowest BCUT2D eigenvalue weighted by Crippen LogP contribution is -2.37. The van der Waals surface area contributed by atoms with Crippen molar-refractivity contribution in [3.05, 3.63) is 52.5 Å². The van der Waals surface area contributed by atoms with Crippen LogP contribution in [0.25, 0.3) is 5.69 Å². The molecular weight excluding hydrogens is 388 g/mol. The van der Waals surface area contributed by atoms with Crippen LogP contribution in [0, 0.1) is 0 Å². The van der Waals surface area contributed by atoms with Gasteiger partial charge in [-0.05, 0) is 39.9 Å². The van der Waals surface area contributed by atoms with E-state index in [1.165, 1.54) is 26.7 Å². The van der Waals surface area contributed by atoms with Crippen LogP contribution in [0.2, 0.25) is 0 Å². The first-order chi connectivity index (χ1) is 13.1. The van der Waals surface area contributed by atoms with Crippen LogP contribution in [0.3, 0.4) is 0 Å². The molecule has 0 saturated carbocycles. The fourth-order valence-corrected chi connectivity index (χ4v) is 5.23. The quantitative estimate of drug-likeness (QED) is 0.652. The molecule has 0 unspecified atom stereocenters. The van der Waals surface area contributed by atoms with Gasteiger partial charge in [-0.25, -0.2) is 8.42 Å². The van der Waals surface area contributed by atoms with Gasteiger partial charge in [0.25, 0.3) is 5.91 Å². The summed E-state index contributed by atoms with van der Waals surface area (Å²) in [6.07, 6.45) is 2.10. The molecule has 0 spiro atoms. The van der Waals surface area contributed by atoms with Gasteiger partial charge in [0.15, 0.2) is 0 Å². The van der Waals surface area contributed by atoms with E-state index in [-0.39, 0.29) is 18.2 Å². The van der Waals surface area contributed by atoms with Gasteiger partial charge in [0, 0.05) is 13.1 Å². The summed E-state index contributed by atoms with van der Waals surface area (Å²) in [5, 5.41) is 15.3. The molecule has 3 aromatic rings. The van der Waals surface area contributed by atoms with Crippen molar-refractivity contribution in [3.63, 3.8) is 0 Å².